The van der Waals surface area contributed by atoms with Crippen molar-refractivity contribution in [2.45, 2.75) is 25.0 Å². The molecule has 0 bridgehead atoms. The summed E-state index contributed by atoms with van der Waals surface area (Å²) < 4.78 is 5.55. The second-order valence-corrected chi connectivity index (χ2v) is 3.93. The number of rotatable bonds is 2. The van der Waals surface area contributed by atoms with E-state index in [9.17, 15) is 5.11 Å². The molecule has 0 spiro atoms. The van der Waals surface area contributed by atoms with Gasteiger partial charge in [0.15, 0.2) is 0 Å². The average molecular weight is 194 g/mol. The summed E-state index contributed by atoms with van der Waals surface area (Å²) in [5.74, 6) is 0.811. The minimum Gasteiger partial charge on any atom is -0.487 e. The van der Waals surface area contributed by atoms with Crippen LogP contribution in [-0.4, -0.2) is 28.5 Å². The Balaban J connectivity index is 2.19. The van der Waals surface area contributed by atoms with E-state index in [0.29, 0.717) is 6.42 Å². The zero-order valence-electron chi connectivity index (χ0n) is 8.10. The second kappa shape index (κ2) is 3.26. The monoisotopic (exact) mass is 194 g/mol. The van der Waals surface area contributed by atoms with Crippen molar-refractivity contribution in [3.05, 3.63) is 29.8 Å². The molecule has 1 heterocycles. The van der Waals surface area contributed by atoms with E-state index >= 15 is 0 Å². The first kappa shape index (κ1) is 9.49. The highest BCUT2D eigenvalue weighted by atomic mass is 16.5. The van der Waals surface area contributed by atoms with Crippen LogP contribution >= 0.6 is 0 Å². The van der Waals surface area contributed by atoms with Gasteiger partial charge in [-0.3, -0.25) is 0 Å². The van der Waals surface area contributed by atoms with Crippen LogP contribution in [0.5, 0.6) is 5.75 Å². The van der Waals surface area contributed by atoms with E-state index in [2.05, 4.69) is 0 Å². The molecular weight excluding hydrogens is 180 g/mol. The van der Waals surface area contributed by atoms with Crippen LogP contribution in [0.3, 0.4) is 0 Å². The molecule has 2 rings (SSSR count). The number of aliphatic hydroxyl groups excluding tert-OH is 1. The summed E-state index contributed by atoms with van der Waals surface area (Å²) in [6, 6.07) is 7.69. The SMILES string of the molecule is CC(O)(CO)C1Cc2ccccc2O1. The van der Waals surface area contributed by atoms with E-state index < -0.39 is 5.60 Å². The summed E-state index contributed by atoms with van der Waals surface area (Å²) in [5, 5.41) is 18.8. The topological polar surface area (TPSA) is 49.7 Å². The van der Waals surface area contributed by atoms with Crippen molar-refractivity contribution >= 4 is 0 Å². The molecule has 76 valence electrons. The normalized spacial score (nSPS) is 23.8. The van der Waals surface area contributed by atoms with Crippen molar-refractivity contribution in [1.82, 2.24) is 0 Å². The van der Waals surface area contributed by atoms with Crippen LogP contribution < -0.4 is 4.74 Å². The van der Waals surface area contributed by atoms with Gasteiger partial charge >= 0.3 is 0 Å². The predicted molar refractivity (Wildman–Crippen MR) is 52.3 cm³/mol. The minimum absolute atomic E-state index is 0.286. The molecule has 0 fully saturated rings. The molecule has 2 atom stereocenters. The Morgan fingerprint density at radius 3 is 2.86 bits per heavy atom. The van der Waals surface area contributed by atoms with E-state index in [0.717, 1.165) is 11.3 Å². The minimum atomic E-state index is -1.17. The molecule has 3 heteroatoms. The lowest BCUT2D eigenvalue weighted by Crippen LogP contribution is -2.45. The standard InChI is InChI=1S/C11H14O3/c1-11(13,7-12)10-6-8-4-2-3-5-9(8)14-10/h2-5,10,12-13H,6-7H2,1H3. The Morgan fingerprint density at radius 1 is 1.50 bits per heavy atom. The molecular formula is C11H14O3. The zero-order valence-corrected chi connectivity index (χ0v) is 8.10. The van der Waals surface area contributed by atoms with Gasteiger partial charge in [-0.25, -0.2) is 0 Å². The van der Waals surface area contributed by atoms with Gasteiger partial charge in [-0.15, -0.1) is 0 Å². The lowest BCUT2D eigenvalue weighted by Gasteiger charge is -2.26. The highest BCUT2D eigenvalue weighted by Gasteiger charge is 2.37. The lowest BCUT2D eigenvalue weighted by atomic mass is 9.96. The zero-order chi connectivity index (χ0) is 10.2. The van der Waals surface area contributed by atoms with Gasteiger partial charge in [0, 0.05) is 6.42 Å². The van der Waals surface area contributed by atoms with Crippen LogP contribution in [0, 0.1) is 0 Å². The molecule has 0 aliphatic carbocycles. The fourth-order valence-corrected chi connectivity index (χ4v) is 1.63. The maximum absolute atomic E-state index is 9.82. The van der Waals surface area contributed by atoms with Crippen molar-refractivity contribution in [1.29, 1.82) is 0 Å². The van der Waals surface area contributed by atoms with Crippen LogP contribution in [0.1, 0.15) is 12.5 Å². The molecule has 1 aliphatic rings. The van der Waals surface area contributed by atoms with Crippen LogP contribution in [0.25, 0.3) is 0 Å². The van der Waals surface area contributed by atoms with Crippen LogP contribution in [0.15, 0.2) is 24.3 Å². The van der Waals surface area contributed by atoms with Gasteiger partial charge in [-0.2, -0.15) is 0 Å². The molecule has 1 aliphatic heterocycles. The number of aliphatic hydroxyl groups is 2. The number of ether oxygens (including phenoxy) is 1. The first-order chi connectivity index (χ1) is 6.63. The molecule has 1 aromatic rings. The third-order valence-corrected chi connectivity index (χ3v) is 2.66. The van der Waals surface area contributed by atoms with Gasteiger partial charge in [0.1, 0.15) is 17.5 Å². The van der Waals surface area contributed by atoms with Gasteiger partial charge in [0.05, 0.1) is 6.61 Å². The number of fused-ring (bicyclic) bond motifs is 1. The molecule has 2 unspecified atom stereocenters. The average Bonchev–Trinajstić information content (AvgIpc) is 2.61. The number of benzene rings is 1. The van der Waals surface area contributed by atoms with Crippen molar-refractivity contribution in [3.8, 4) is 5.75 Å². The van der Waals surface area contributed by atoms with Gasteiger partial charge in [-0.1, -0.05) is 18.2 Å². The van der Waals surface area contributed by atoms with E-state index in [4.69, 9.17) is 9.84 Å². The molecule has 0 radical (unpaired) electrons. The third kappa shape index (κ3) is 1.49. The van der Waals surface area contributed by atoms with Gasteiger partial charge in [0.25, 0.3) is 0 Å². The Kier molecular flexibility index (Phi) is 2.21. The smallest absolute Gasteiger partial charge is 0.133 e. The summed E-state index contributed by atoms with van der Waals surface area (Å²) in [4.78, 5) is 0. The highest BCUT2D eigenvalue weighted by Crippen LogP contribution is 2.32. The molecule has 0 aromatic heterocycles. The van der Waals surface area contributed by atoms with Crippen molar-refractivity contribution in [3.63, 3.8) is 0 Å². The van der Waals surface area contributed by atoms with Crippen molar-refractivity contribution in [2.75, 3.05) is 6.61 Å². The third-order valence-electron chi connectivity index (χ3n) is 2.66. The fourth-order valence-electron chi connectivity index (χ4n) is 1.63. The number of para-hydroxylation sites is 1. The number of hydrogen-bond acceptors (Lipinski definition) is 3. The van der Waals surface area contributed by atoms with Gasteiger partial charge in [-0.05, 0) is 18.6 Å². The van der Waals surface area contributed by atoms with Crippen LogP contribution in [0.2, 0.25) is 0 Å². The first-order valence-electron chi connectivity index (χ1n) is 4.71. The maximum Gasteiger partial charge on any atom is 0.133 e. The molecule has 0 saturated heterocycles. The van der Waals surface area contributed by atoms with Gasteiger partial charge < -0.3 is 14.9 Å². The van der Waals surface area contributed by atoms with E-state index in [1.165, 1.54) is 0 Å². The summed E-state index contributed by atoms with van der Waals surface area (Å²) in [6.45, 7) is 1.30. The Bertz CT molecular complexity index is 308. The van der Waals surface area contributed by atoms with E-state index in [1.54, 1.807) is 6.92 Å². The number of hydrogen-bond donors (Lipinski definition) is 2. The molecule has 0 amide bonds. The molecule has 3 nitrogen and oxygen atoms in total. The fraction of sp³-hybridized carbons (Fsp3) is 0.455. The van der Waals surface area contributed by atoms with Crippen LogP contribution in [0.4, 0.5) is 0 Å². The second-order valence-electron chi connectivity index (χ2n) is 3.93. The highest BCUT2D eigenvalue weighted by molar-refractivity contribution is 5.37. The summed E-state index contributed by atoms with van der Waals surface area (Å²) >= 11 is 0. The Labute approximate surface area is 83.0 Å². The molecule has 1 aromatic carbocycles. The van der Waals surface area contributed by atoms with Crippen molar-refractivity contribution < 1.29 is 14.9 Å². The van der Waals surface area contributed by atoms with Gasteiger partial charge in [0.2, 0.25) is 0 Å². The largest absolute Gasteiger partial charge is 0.487 e. The molecule has 2 N–H and O–H groups in total. The summed E-state index contributed by atoms with van der Waals surface area (Å²) in [6.07, 6.45) is 0.314. The summed E-state index contributed by atoms with van der Waals surface area (Å²) in [7, 11) is 0. The summed E-state index contributed by atoms with van der Waals surface area (Å²) in [5.41, 5.74) is -0.0785. The predicted octanol–water partition coefficient (Wildman–Crippen LogP) is 0.733. The van der Waals surface area contributed by atoms with Crippen molar-refractivity contribution in [2.24, 2.45) is 0 Å². The first-order valence-corrected chi connectivity index (χ1v) is 4.71. The maximum atomic E-state index is 9.82. The van der Waals surface area contributed by atoms with E-state index in [-0.39, 0.29) is 12.7 Å². The van der Waals surface area contributed by atoms with E-state index in [1.807, 2.05) is 24.3 Å². The van der Waals surface area contributed by atoms with Crippen LogP contribution in [-0.2, 0) is 6.42 Å². The Morgan fingerprint density at radius 2 is 2.21 bits per heavy atom. The molecule has 0 saturated carbocycles. The lowest BCUT2D eigenvalue weighted by molar-refractivity contribution is -0.0729. The molecule has 14 heavy (non-hydrogen) atoms. The quantitative estimate of drug-likeness (QED) is 0.729. The Hall–Kier alpha value is -1.06.